The van der Waals surface area contributed by atoms with Crippen LogP contribution >= 0.6 is 15.9 Å². The highest BCUT2D eigenvalue weighted by atomic mass is 79.9. The van der Waals surface area contributed by atoms with Crippen molar-refractivity contribution in [2.45, 2.75) is 6.42 Å². The molecule has 0 unspecified atom stereocenters. The van der Waals surface area contributed by atoms with Crippen LogP contribution in [0.2, 0.25) is 0 Å². The lowest BCUT2D eigenvalue weighted by molar-refractivity contribution is 0.252. The molecule has 2 N–H and O–H groups in total. The van der Waals surface area contributed by atoms with Crippen molar-refractivity contribution in [1.82, 2.24) is 5.32 Å². The summed E-state index contributed by atoms with van der Waals surface area (Å²) in [5, 5.41) is 4.65. The number of benzene rings is 2. The van der Waals surface area contributed by atoms with E-state index in [2.05, 4.69) is 26.6 Å². The number of nitrogens with one attached hydrogen (secondary N) is 2. The molecule has 0 aromatic heterocycles. The summed E-state index contributed by atoms with van der Waals surface area (Å²) < 4.78 is 40.1. The molecule has 2 aromatic rings. The lowest BCUT2D eigenvalue weighted by atomic mass is 10.1. The zero-order valence-corrected chi connectivity index (χ0v) is 12.9. The van der Waals surface area contributed by atoms with E-state index in [1.807, 2.05) is 24.3 Å². The van der Waals surface area contributed by atoms with E-state index in [0.717, 1.165) is 22.2 Å². The molecule has 2 amide bonds. The minimum atomic E-state index is -1.62. The van der Waals surface area contributed by atoms with E-state index < -0.39 is 29.2 Å². The largest absolute Gasteiger partial charge is 0.338 e. The number of carbonyl (C=O) groups is 1. The van der Waals surface area contributed by atoms with Crippen LogP contribution in [0, 0.1) is 17.5 Å². The summed E-state index contributed by atoms with van der Waals surface area (Å²) >= 11 is 3.34. The average molecular weight is 373 g/mol. The van der Waals surface area contributed by atoms with E-state index in [0.29, 0.717) is 13.0 Å². The fourth-order valence-corrected chi connectivity index (χ4v) is 2.25. The number of hydrogen-bond acceptors (Lipinski definition) is 1. The van der Waals surface area contributed by atoms with Crippen molar-refractivity contribution in [2.24, 2.45) is 0 Å². The lowest BCUT2D eigenvalue weighted by Crippen LogP contribution is -2.30. The number of hydrogen-bond donors (Lipinski definition) is 2. The van der Waals surface area contributed by atoms with Gasteiger partial charge in [0.2, 0.25) is 0 Å². The van der Waals surface area contributed by atoms with Crippen LogP contribution < -0.4 is 10.6 Å². The minimum Gasteiger partial charge on any atom is -0.338 e. The van der Waals surface area contributed by atoms with Crippen LogP contribution in [0.4, 0.5) is 23.7 Å². The zero-order chi connectivity index (χ0) is 16.1. The third-order valence-corrected chi connectivity index (χ3v) is 3.36. The standard InChI is InChI=1S/C15H12BrF3N2O/c16-10-3-1-2-9(8-10)6-7-20-15(22)21-12-5-4-11(17)13(18)14(12)19/h1-5,8H,6-7H2,(H2,20,21,22). The van der Waals surface area contributed by atoms with E-state index in [1.165, 1.54) is 0 Å². The second kappa shape index (κ2) is 7.31. The summed E-state index contributed by atoms with van der Waals surface area (Å²) in [6, 6.07) is 8.58. The lowest BCUT2D eigenvalue weighted by Gasteiger charge is -2.09. The zero-order valence-electron chi connectivity index (χ0n) is 11.3. The Morgan fingerprint density at radius 1 is 1.09 bits per heavy atom. The van der Waals surface area contributed by atoms with Crippen LogP contribution in [0.5, 0.6) is 0 Å². The van der Waals surface area contributed by atoms with Crippen LogP contribution in [0.15, 0.2) is 40.9 Å². The van der Waals surface area contributed by atoms with Crippen molar-refractivity contribution >= 4 is 27.6 Å². The van der Waals surface area contributed by atoms with Crippen molar-refractivity contribution in [1.29, 1.82) is 0 Å². The molecule has 7 heteroatoms. The first-order valence-electron chi connectivity index (χ1n) is 6.40. The highest BCUT2D eigenvalue weighted by Crippen LogP contribution is 2.19. The molecule has 2 aromatic carbocycles. The predicted octanol–water partition coefficient (Wildman–Crippen LogP) is 4.23. The summed E-state index contributed by atoms with van der Waals surface area (Å²) in [6.45, 7) is 0.313. The van der Waals surface area contributed by atoms with Gasteiger partial charge in [-0.1, -0.05) is 28.1 Å². The van der Waals surface area contributed by atoms with Crippen LogP contribution in [-0.4, -0.2) is 12.6 Å². The molecule has 0 heterocycles. The van der Waals surface area contributed by atoms with Gasteiger partial charge in [0.1, 0.15) is 0 Å². The summed E-state index contributed by atoms with van der Waals surface area (Å²) in [4.78, 5) is 11.6. The van der Waals surface area contributed by atoms with Crippen LogP contribution in [0.1, 0.15) is 5.56 Å². The van der Waals surface area contributed by atoms with Gasteiger partial charge >= 0.3 is 6.03 Å². The van der Waals surface area contributed by atoms with Crippen molar-refractivity contribution in [2.75, 3.05) is 11.9 Å². The minimum absolute atomic E-state index is 0.313. The summed E-state index contributed by atoms with van der Waals surface area (Å²) in [6.07, 6.45) is 0.577. The Hall–Kier alpha value is -2.02. The fourth-order valence-electron chi connectivity index (χ4n) is 1.80. The van der Waals surface area contributed by atoms with Gasteiger partial charge in [0.25, 0.3) is 0 Å². The first-order valence-corrected chi connectivity index (χ1v) is 7.19. The molecule has 0 aliphatic heterocycles. The molecule has 0 saturated carbocycles. The summed E-state index contributed by atoms with van der Waals surface area (Å²) in [5.41, 5.74) is 0.590. The van der Waals surface area contributed by atoms with Crippen LogP contribution in [0.25, 0.3) is 0 Å². The van der Waals surface area contributed by atoms with Gasteiger partial charge in [0.05, 0.1) is 5.69 Å². The van der Waals surface area contributed by atoms with E-state index in [4.69, 9.17) is 0 Å². The normalized spacial score (nSPS) is 10.4. The summed E-state index contributed by atoms with van der Waals surface area (Å²) in [5.74, 6) is -4.35. The second-order valence-corrected chi connectivity index (χ2v) is 5.40. The molecule has 0 atom stereocenters. The van der Waals surface area contributed by atoms with Crippen molar-refractivity contribution in [3.63, 3.8) is 0 Å². The fraction of sp³-hybridized carbons (Fsp3) is 0.133. The quantitative estimate of drug-likeness (QED) is 0.774. The van der Waals surface area contributed by atoms with Crippen LogP contribution in [-0.2, 0) is 6.42 Å². The van der Waals surface area contributed by atoms with Crippen molar-refractivity contribution < 1.29 is 18.0 Å². The van der Waals surface area contributed by atoms with E-state index in [1.54, 1.807) is 0 Å². The van der Waals surface area contributed by atoms with Crippen molar-refractivity contribution in [3.8, 4) is 0 Å². The first kappa shape index (κ1) is 16.4. The number of carbonyl (C=O) groups excluding carboxylic acids is 1. The number of halogens is 4. The Kier molecular flexibility index (Phi) is 5.43. The van der Waals surface area contributed by atoms with Gasteiger partial charge in [-0.2, -0.15) is 0 Å². The Bertz CT molecular complexity index is 694. The SMILES string of the molecule is O=C(NCCc1cccc(Br)c1)Nc1ccc(F)c(F)c1F. The van der Waals surface area contributed by atoms with Crippen molar-refractivity contribution in [3.05, 3.63) is 63.9 Å². The van der Waals surface area contributed by atoms with Gasteiger partial charge in [-0.25, -0.2) is 18.0 Å². The maximum atomic E-state index is 13.4. The van der Waals surface area contributed by atoms with Gasteiger partial charge in [-0.3, -0.25) is 0 Å². The predicted molar refractivity (Wildman–Crippen MR) is 81.2 cm³/mol. The Morgan fingerprint density at radius 2 is 1.86 bits per heavy atom. The van der Waals surface area contributed by atoms with Crippen LogP contribution in [0.3, 0.4) is 0 Å². The number of anilines is 1. The third-order valence-electron chi connectivity index (χ3n) is 2.87. The molecule has 0 radical (unpaired) electrons. The van der Waals surface area contributed by atoms with Gasteiger partial charge in [0.15, 0.2) is 17.5 Å². The number of urea groups is 1. The number of amides is 2. The molecule has 2 rings (SSSR count). The highest BCUT2D eigenvalue weighted by molar-refractivity contribution is 9.10. The molecule has 0 fully saturated rings. The molecule has 0 spiro atoms. The molecule has 0 aliphatic rings. The van der Waals surface area contributed by atoms with Gasteiger partial charge < -0.3 is 10.6 Å². The van der Waals surface area contributed by atoms with Gasteiger partial charge in [-0.05, 0) is 36.2 Å². The highest BCUT2D eigenvalue weighted by Gasteiger charge is 2.14. The molecule has 0 aliphatic carbocycles. The Morgan fingerprint density at radius 3 is 2.59 bits per heavy atom. The van der Waals surface area contributed by atoms with Gasteiger partial charge in [0, 0.05) is 11.0 Å². The summed E-state index contributed by atoms with van der Waals surface area (Å²) in [7, 11) is 0. The Balaban J connectivity index is 1.87. The molecule has 3 nitrogen and oxygen atoms in total. The average Bonchev–Trinajstić information content (AvgIpc) is 2.48. The smallest absolute Gasteiger partial charge is 0.319 e. The molecule has 22 heavy (non-hydrogen) atoms. The van der Waals surface area contributed by atoms with E-state index in [9.17, 15) is 18.0 Å². The molecular formula is C15H12BrF3N2O. The third kappa shape index (κ3) is 4.24. The molecular weight excluding hydrogens is 361 g/mol. The van der Waals surface area contributed by atoms with E-state index >= 15 is 0 Å². The maximum Gasteiger partial charge on any atom is 0.319 e. The van der Waals surface area contributed by atoms with Gasteiger partial charge in [-0.15, -0.1) is 0 Å². The Labute approximate surface area is 133 Å². The second-order valence-electron chi connectivity index (χ2n) is 4.48. The molecule has 0 saturated heterocycles. The maximum absolute atomic E-state index is 13.4. The first-order chi connectivity index (χ1) is 10.5. The van der Waals surface area contributed by atoms with E-state index in [-0.39, 0.29) is 0 Å². The topological polar surface area (TPSA) is 41.1 Å². The molecule has 116 valence electrons. The molecule has 0 bridgehead atoms. The number of rotatable bonds is 4. The monoisotopic (exact) mass is 372 g/mol.